The third-order valence-corrected chi connectivity index (χ3v) is 6.88. The van der Waals surface area contributed by atoms with E-state index in [1.54, 1.807) is 0 Å². The molecular weight excluding hydrogens is 348 g/mol. The van der Waals surface area contributed by atoms with Crippen LogP contribution in [-0.4, -0.2) is 0 Å². The summed E-state index contributed by atoms with van der Waals surface area (Å²) in [5, 5.41) is 2.66. The van der Waals surface area contributed by atoms with Crippen molar-refractivity contribution >= 4 is 10.8 Å². The van der Waals surface area contributed by atoms with Gasteiger partial charge in [0.05, 0.1) is 5.41 Å². The number of rotatable bonds is 0. The Morgan fingerprint density at radius 3 is 1.48 bits per heavy atom. The van der Waals surface area contributed by atoms with Crippen molar-refractivity contribution < 1.29 is 0 Å². The second-order valence-corrected chi connectivity index (χ2v) is 8.10. The lowest BCUT2D eigenvalue weighted by atomic mass is 9.69. The summed E-state index contributed by atoms with van der Waals surface area (Å²) >= 11 is 0. The minimum atomic E-state index is -0.250. The number of hydrogen-bond acceptors (Lipinski definition) is 0. The van der Waals surface area contributed by atoms with Gasteiger partial charge in [-0.05, 0) is 55.3 Å². The third kappa shape index (κ3) is 1.67. The van der Waals surface area contributed by atoms with E-state index in [1.165, 1.54) is 55.3 Å². The Hall–Kier alpha value is -3.64. The van der Waals surface area contributed by atoms with Crippen molar-refractivity contribution in [3.8, 4) is 22.3 Å². The van der Waals surface area contributed by atoms with Crippen molar-refractivity contribution in [1.29, 1.82) is 0 Å². The standard InChI is InChI=1S/C29H18/c1-2-10-20-19(9-1)17-18-24-23-13-5-8-16-27(23)29(28(20)24)25-14-6-3-11-21(25)22-12-4-7-15-26(22)29/h1-18H. The molecule has 0 unspecified atom stereocenters. The van der Waals surface area contributed by atoms with E-state index in [-0.39, 0.29) is 5.41 Å². The Morgan fingerprint density at radius 1 is 0.379 bits per heavy atom. The van der Waals surface area contributed by atoms with E-state index in [2.05, 4.69) is 109 Å². The molecule has 0 radical (unpaired) electrons. The van der Waals surface area contributed by atoms with E-state index < -0.39 is 0 Å². The van der Waals surface area contributed by atoms with E-state index in [0.717, 1.165) is 0 Å². The minimum Gasteiger partial charge on any atom is -0.0619 e. The summed E-state index contributed by atoms with van der Waals surface area (Å²) in [6.07, 6.45) is 0. The van der Waals surface area contributed by atoms with E-state index in [4.69, 9.17) is 0 Å². The zero-order valence-electron chi connectivity index (χ0n) is 15.9. The normalized spacial score (nSPS) is 14.5. The molecule has 0 bridgehead atoms. The Bertz CT molecular complexity index is 1390. The number of hydrogen-bond donors (Lipinski definition) is 0. The van der Waals surface area contributed by atoms with Crippen molar-refractivity contribution in [3.05, 3.63) is 131 Å². The maximum Gasteiger partial charge on any atom is 0.0731 e. The average Bonchev–Trinajstić information content (AvgIpc) is 3.27. The van der Waals surface area contributed by atoms with Crippen molar-refractivity contribution in [2.75, 3.05) is 0 Å². The highest BCUT2D eigenvalue weighted by Crippen LogP contribution is 2.63. The molecule has 0 heteroatoms. The highest BCUT2D eigenvalue weighted by atomic mass is 14.5. The largest absolute Gasteiger partial charge is 0.0731 e. The first-order valence-electron chi connectivity index (χ1n) is 10.2. The molecule has 1 spiro atoms. The van der Waals surface area contributed by atoms with Gasteiger partial charge in [-0.1, -0.05) is 109 Å². The van der Waals surface area contributed by atoms with Gasteiger partial charge in [0.25, 0.3) is 0 Å². The second kappa shape index (κ2) is 5.24. The summed E-state index contributed by atoms with van der Waals surface area (Å²) in [6.45, 7) is 0. The highest BCUT2D eigenvalue weighted by Gasteiger charge is 2.52. The van der Waals surface area contributed by atoms with Gasteiger partial charge in [0.2, 0.25) is 0 Å². The summed E-state index contributed by atoms with van der Waals surface area (Å²) in [6, 6.07) is 40.4. The van der Waals surface area contributed by atoms with Gasteiger partial charge in [-0.15, -0.1) is 0 Å². The zero-order chi connectivity index (χ0) is 19.0. The molecule has 2 aliphatic rings. The van der Waals surface area contributed by atoms with Crippen LogP contribution in [0.25, 0.3) is 33.0 Å². The topological polar surface area (TPSA) is 0 Å². The summed E-state index contributed by atoms with van der Waals surface area (Å²) in [5.41, 5.74) is 10.9. The number of fused-ring (bicyclic) bond motifs is 12. The molecule has 7 rings (SSSR count). The Morgan fingerprint density at radius 2 is 0.862 bits per heavy atom. The van der Waals surface area contributed by atoms with Gasteiger partial charge in [0, 0.05) is 0 Å². The van der Waals surface area contributed by atoms with Crippen molar-refractivity contribution in [2.45, 2.75) is 5.41 Å². The average molecular weight is 366 g/mol. The fourth-order valence-corrected chi connectivity index (χ4v) is 5.87. The van der Waals surface area contributed by atoms with Crippen LogP contribution in [0.3, 0.4) is 0 Å². The quantitative estimate of drug-likeness (QED) is 0.267. The molecule has 2 aliphatic carbocycles. The third-order valence-electron chi connectivity index (χ3n) is 6.88. The molecule has 0 N–H and O–H groups in total. The fraction of sp³-hybridized carbons (Fsp3) is 0.0345. The lowest BCUT2D eigenvalue weighted by Crippen LogP contribution is -2.26. The van der Waals surface area contributed by atoms with Crippen LogP contribution >= 0.6 is 0 Å². The Balaban J connectivity index is 1.79. The molecule has 0 aromatic heterocycles. The monoisotopic (exact) mass is 366 g/mol. The maximum atomic E-state index is 2.34. The van der Waals surface area contributed by atoms with Gasteiger partial charge in [-0.3, -0.25) is 0 Å². The van der Waals surface area contributed by atoms with Crippen molar-refractivity contribution in [1.82, 2.24) is 0 Å². The predicted octanol–water partition coefficient (Wildman–Crippen LogP) is 7.18. The van der Waals surface area contributed by atoms with Gasteiger partial charge in [-0.2, -0.15) is 0 Å². The smallest absolute Gasteiger partial charge is 0.0619 e. The van der Waals surface area contributed by atoms with Crippen LogP contribution < -0.4 is 0 Å². The summed E-state index contributed by atoms with van der Waals surface area (Å²) in [4.78, 5) is 0. The van der Waals surface area contributed by atoms with Crippen LogP contribution in [0.1, 0.15) is 22.3 Å². The highest BCUT2D eigenvalue weighted by molar-refractivity contribution is 6.03. The Labute approximate surface area is 170 Å². The molecular formula is C29H18. The van der Waals surface area contributed by atoms with E-state index in [0.29, 0.717) is 0 Å². The molecule has 0 saturated heterocycles. The summed E-state index contributed by atoms with van der Waals surface area (Å²) < 4.78 is 0. The van der Waals surface area contributed by atoms with Crippen LogP contribution in [0.15, 0.2) is 109 Å². The molecule has 0 aliphatic heterocycles. The van der Waals surface area contributed by atoms with Gasteiger partial charge in [0.1, 0.15) is 0 Å². The molecule has 0 nitrogen and oxygen atoms in total. The number of benzene rings is 5. The van der Waals surface area contributed by atoms with Gasteiger partial charge < -0.3 is 0 Å². The van der Waals surface area contributed by atoms with E-state index >= 15 is 0 Å². The zero-order valence-corrected chi connectivity index (χ0v) is 15.9. The van der Waals surface area contributed by atoms with Crippen molar-refractivity contribution in [3.63, 3.8) is 0 Å². The second-order valence-electron chi connectivity index (χ2n) is 8.10. The molecule has 5 aromatic rings. The van der Waals surface area contributed by atoms with Gasteiger partial charge in [-0.25, -0.2) is 0 Å². The first-order valence-corrected chi connectivity index (χ1v) is 10.2. The molecule has 0 amide bonds. The Kier molecular flexibility index (Phi) is 2.77. The first-order chi connectivity index (χ1) is 14.4. The van der Waals surface area contributed by atoms with Gasteiger partial charge in [0.15, 0.2) is 0 Å². The van der Waals surface area contributed by atoms with Crippen LogP contribution in [0.4, 0.5) is 0 Å². The lowest BCUT2D eigenvalue weighted by molar-refractivity contribution is 0.801. The van der Waals surface area contributed by atoms with Crippen LogP contribution in [0, 0.1) is 0 Å². The maximum absolute atomic E-state index is 2.34. The van der Waals surface area contributed by atoms with Crippen molar-refractivity contribution in [2.24, 2.45) is 0 Å². The molecule has 0 fully saturated rings. The van der Waals surface area contributed by atoms with Crippen LogP contribution in [-0.2, 0) is 5.41 Å². The van der Waals surface area contributed by atoms with Crippen LogP contribution in [0.5, 0.6) is 0 Å². The minimum absolute atomic E-state index is 0.250. The molecule has 0 heterocycles. The predicted molar refractivity (Wildman–Crippen MR) is 120 cm³/mol. The van der Waals surface area contributed by atoms with E-state index in [9.17, 15) is 0 Å². The molecule has 134 valence electrons. The molecule has 0 saturated carbocycles. The summed E-state index contributed by atoms with van der Waals surface area (Å²) in [7, 11) is 0. The van der Waals surface area contributed by atoms with Gasteiger partial charge >= 0.3 is 0 Å². The molecule has 0 atom stereocenters. The summed E-state index contributed by atoms with van der Waals surface area (Å²) in [5.74, 6) is 0. The molecule has 29 heavy (non-hydrogen) atoms. The SMILES string of the molecule is c1ccc2c(c1)-c1ccccc1C21c2ccccc2-c2ccc3ccccc3c21. The molecule has 5 aromatic carbocycles. The van der Waals surface area contributed by atoms with E-state index in [1.807, 2.05) is 0 Å². The van der Waals surface area contributed by atoms with Crippen LogP contribution in [0.2, 0.25) is 0 Å². The first kappa shape index (κ1) is 15.3. The fourth-order valence-electron chi connectivity index (χ4n) is 5.87. The lowest BCUT2D eigenvalue weighted by Gasteiger charge is -2.31.